The first-order chi connectivity index (χ1) is 10.2. The van der Waals surface area contributed by atoms with E-state index in [1.165, 1.54) is 0 Å². The van der Waals surface area contributed by atoms with Gasteiger partial charge < -0.3 is 9.73 Å². The Morgan fingerprint density at radius 3 is 3.14 bits per heavy atom. The molecule has 0 spiro atoms. The van der Waals surface area contributed by atoms with E-state index in [4.69, 9.17) is 4.42 Å². The number of carbonyl (C=O) groups is 1. The monoisotopic (exact) mass is 281 g/mol. The van der Waals surface area contributed by atoms with Gasteiger partial charge in [-0.2, -0.15) is 5.10 Å². The molecule has 5 heteroatoms. The van der Waals surface area contributed by atoms with Crippen LogP contribution in [-0.4, -0.2) is 16.1 Å². The minimum Gasteiger partial charge on any atom is -0.461 e. The Hall–Kier alpha value is -2.56. The van der Waals surface area contributed by atoms with E-state index >= 15 is 0 Å². The van der Waals surface area contributed by atoms with Crippen LogP contribution in [-0.2, 0) is 12.8 Å². The molecule has 0 bridgehead atoms. The average molecular weight is 281 g/mol. The van der Waals surface area contributed by atoms with Crippen LogP contribution in [0, 0.1) is 6.92 Å². The van der Waals surface area contributed by atoms with Crippen molar-refractivity contribution in [2.75, 3.05) is 5.32 Å². The van der Waals surface area contributed by atoms with Crippen molar-refractivity contribution in [2.45, 2.75) is 26.2 Å². The van der Waals surface area contributed by atoms with Crippen molar-refractivity contribution in [1.29, 1.82) is 0 Å². The van der Waals surface area contributed by atoms with Gasteiger partial charge in [0.25, 0.3) is 5.91 Å². The van der Waals surface area contributed by atoms with Crippen LogP contribution < -0.4 is 5.32 Å². The first-order valence-corrected chi connectivity index (χ1v) is 7.08. The summed E-state index contributed by atoms with van der Waals surface area (Å²) < 4.78 is 5.53. The van der Waals surface area contributed by atoms with Crippen molar-refractivity contribution in [2.24, 2.45) is 0 Å². The van der Waals surface area contributed by atoms with E-state index in [-0.39, 0.29) is 5.91 Å². The first kappa shape index (κ1) is 12.2. The van der Waals surface area contributed by atoms with Gasteiger partial charge in [-0.25, -0.2) is 0 Å². The van der Waals surface area contributed by atoms with Gasteiger partial charge in [0.15, 0.2) is 5.69 Å². The van der Waals surface area contributed by atoms with Crippen molar-refractivity contribution < 1.29 is 9.21 Å². The Morgan fingerprint density at radius 2 is 2.24 bits per heavy atom. The predicted molar refractivity (Wildman–Crippen MR) is 79.5 cm³/mol. The molecule has 1 aliphatic carbocycles. The van der Waals surface area contributed by atoms with Gasteiger partial charge in [0, 0.05) is 22.3 Å². The molecule has 1 aliphatic rings. The van der Waals surface area contributed by atoms with Gasteiger partial charge in [0.1, 0.15) is 11.3 Å². The normalized spacial score (nSPS) is 13.6. The fourth-order valence-electron chi connectivity index (χ4n) is 2.95. The number of nitrogens with zero attached hydrogens (tertiary/aromatic N) is 1. The average Bonchev–Trinajstić information content (AvgIpc) is 3.10. The third kappa shape index (κ3) is 2.01. The fraction of sp³-hybridized carbons (Fsp3) is 0.250. The second-order valence-corrected chi connectivity index (χ2v) is 5.45. The number of anilines is 1. The van der Waals surface area contributed by atoms with Gasteiger partial charge in [-0.3, -0.25) is 9.89 Å². The zero-order chi connectivity index (χ0) is 14.4. The second kappa shape index (κ2) is 4.48. The van der Waals surface area contributed by atoms with Gasteiger partial charge in [-0.1, -0.05) is 0 Å². The lowest BCUT2D eigenvalue weighted by molar-refractivity contribution is 0.102. The summed E-state index contributed by atoms with van der Waals surface area (Å²) in [6, 6.07) is 7.58. The zero-order valence-corrected chi connectivity index (χ0v) is 11.7. The van der Waals surface area contributed by atoms with Gasteiger partial charge in [-0.15, -0.1) is 0 Å². The molecule has 0 fully saturated rings. The van der Waals surface area contributed by atoms with E-state index in [0.29, 0.717) is 5.69 Å². The van der Waals surface area contributed by atoms with E-state index in [9.17, 15) is 4.79 Å². The summed E-state index contributed by atoms with van der Waals surface area (Å²) in [5.41, 5.74) is 4.26. The van der Waals surface area contributed by atoms with Crippen molar-refractivity contribution in [1.82, 2.24) is 10.2 Å². The fourth-order valence-corrected chi connectivity index (χ4v) is 2.95. The molecule has 2 N–H and O–H groups in total. The Kier molecular flexibility index (Phi) is 2.60. The molecular weight excluding hydrogens is 266 g/mol. The van der Waals surface area contributed by atoms with E-state index in [1.54, 1.807) is 0 Å². The van der Waals surface area contributed by atoms with Crippen LogP contribution >= 0.6 is 0 Å². The highest BCUT2D eigenvalue weighted by Crippen LogP contribution is 2.25. The number of fused-ring (bicyclic) bond motifs is 2. The maximum absolute atomic E-state index is 12.4. The van der Waals surface area contributed by atoms with Gasteiger partial charge >= 0.3 is 0 Å². The smallest absolute Gasteiger partial charge is 0.276 e. The third-order valence-corrected chi connectivity index (χ3v) is 3.92. The van der Waals surface area contributed by atoms with E-state index in [1.807, 2.05) is 31.2 Å². The number of aryl methyl sites for hydroxylation is 2. The lowest BCUT2D eigenvalue weighted by Gasteiger charge is -2.04. The molecule has 1 amide bonds. The summed E-state index contributed by atoms with van der Waals surface area (Å²) in [5, 5.41) is 11.0. The highest BCUT2D eigenvalue weighted by molar-refractivity contribution is 6.04. The summed E-state index contributed by atoms with van der Waals surface area (Å²) in [5.74, 6) is 0.701. The van der Waals surface area contributed by atoms with E-state index in [2.05, 4.69) is 15.5 Å². The molecule has 0 saturated carbocycles. The van der Waals surface area contributed by atoms with Crippen LogP contribution in [0.2, 0.25) is 0 Å². The molecule has 4 rings (SSSR count). The van der Waals surface area contributed by atoms with Crippen LogP contribution in [0.25, 0.3) is 11.0 Å². The molecule has 21 heavy (non-hydrogen) atoms. The van der Waals surface area contributed by atoms with Gasteiger partial charge in [0.2, 0.25) is 0 Å². The predicted octanol–water partition coefficient (Wildman–Crippen LogP) is 3.21. The molecule has 3 aromatic rings. The lowest BCUT2D eigenvalue weighted by Crippen LogP contribution is -2.14. The molecule has 2 heterocycles. The van der Waals surface area contributed by atoms with Crippen molar-refractivity contribution >= 4 is 22.6 Å². The maximum atomic E-state index is 12.4. The van der Waals surface area contributed by atoms with Crippen LogP contribution in [0.1, 0.15) is 33.9 Å². The number of amides is 1. The SMILES string of the molecule is Cc1cc2cc(NC(=O)c3n[nH]c4c3CCC4)ccc2o1. The Bertz CT molecular complexity index is 844. The molecule has 0 unspecified atom stereocenters. The Balaban J connectivity index is 1.62. The largest absolute Gasteiger partial charge is 0.461 e. The Morgan fingerprint density at radius 1 is 1.33 bits per heavy atom. The minimum atomic E-state index is -0.158. The molecule has 2 aromatic heterocycles. The second-order valence-electron chi connectivity index (χ2n) is 5.45. The topological polar surface area (TPSA) is 70.9 Å². The quantitative estimate of drug-likeness (QED) is 0.757. The molecule has 0 atom stereocenters. The molecule has 0 saturated heterocycles. The molecular formula is C16H15N3O2. The van der Waals surface area contributed by atoms with E-state index in [0.717, 1.165) is 52.9 Å². The van der Waals surface area contributed by atoms with Crippen LogP contribution in [0.4, 0.5) is 5.69 Å². The van der Waals surface area contributed by atoms with E-state index < -0.39 is 0 Å². The summed E-state index contributed by atoms with van der Waals surface area (Å²) in [4.78, 5) is 12.4. The zero-order valence-electron chi connectivity index (χ0n) is 11.7. The minimum absolute atomic E-state index is 0.158. The van der Waals surface area contributed by atoms with Crippen LogP contribution in [0.3, 0.4) is 0 Å². The highest BCUT2D eigenvalue weighted by Gasteiger charge is 2.23. The number of nitrogens with one attached hydrogen (secondary N) is 2. The highest BCUT2D eigenvalue weighted by atomic mass is 16.3. The first-order valence-electron chi connectivity index (χ1n) is 7.08. The summed E-state index contributed by atoms with van der Waals surface area (Å²) in [6.45, 7) is 1.91. The molecule has 0 aliphatic heterocycles. The number of H-pyrrole nitrogens is 1. The number of hydrogen-bond donors (Lipinski definition) is 2. The molecule has 0 radical (unpaired) electrons. The van der Waals surface area contributed by atoms with Crippen LogP contribution in [0.15, 0.2) is 28.7 Å². The number of aromatic nitrogens is 2. The molecule has 5 nitrogen and oxygen atoms in total. The molecule has 106 valence electrons. The number of aromatic amines is 1. The number of furan rings is 1. The van der Waals surface area contributed by atoms with Crippen molar-refractivity contribution in [3.05, 3.63) is 47.0 Å². The number of benzene rings is 1. The number of rotatable bonds is 2. The standard InChI is InChI=1S/C16H15N3O2/c1-9-7-10-8-11(5-6-14(10)21-9)17-16(20)15-12-3-2-4-13(12)18-19-15/h5-8H,2-4H2,1H3,(H,17,20)(H,18,19). The number of hydrogen-bond acceptors (Lipinski definition) is 3. The van der Waals surface area contributed by atoms with Crippen LogP contribution in [0.5, 0.6) is 0 Å². The Labute approximate surface area is 121 Å². The number of carbonyl (C=O) groups excluding carboxylic acids is 1. The summed E-state index contributed by atoms with van der Waals surface area (Å²) in [7, 11) is 0. The summed E-state index contributed by atoms with van der Waals surface area (Å²) in [6.07, 6.45) is 2.99. The lowest BCUT2D eigenvalue weighted by atomic mass is 10.2. The summed E-state index contributed by atoms with van der Waals surface area (Å²) >= 11 is 0. The van der Waals surface area contributed by atoms with Gasteiger partial charge in [-0.05, 0) is 50.5 Å². The van der Waals surface area contributed by atoms with Gasteiger partial charge in [0.05, 0.1) is 0 Å². The van der Waals surface area contributed by atoms with Crippen molar-refractivity contribution in [3.8, 4) is 0 Å². The molecule has 1 aromatic carbocycles. The third-order valence-electron chi connectivity index (χ3n) is 3.92. The van der Waals surface area contributed by atoms with Crippen molar-refractivity contribution in [3.63, 3.8) is 0 Å². The maximum Gasteiger partial charge on any atom is 0.276 e.